The maximum atomic E-state index is 13.4. The van der Waals surface area contributed by atoms with Crippen LogP contribution in [0.2, 0.25) is 0 Å². The first-order valence-corrected chi connectivity index (χ1v) is 11.7. The van der Waals surface area contributed by atoms with Crippen molar-refractivity contribution in [3.8, 4) is 11.5 Å². The Morgan fingerprint density at radius 1 is 1.00 bits per heavy atom. The van der Waals surface area contributed by atoms with Crippen molar-refractivity contribution < 1.29 is 24.2 Å². The highest BCUT2D eigenvalue weighted by Gasteiger charge is 2.46. The van der Waals surface area contributed by atoms with Gasteiger partial charge in [0.05, 0.1) is 38.1 Å². The number of benzene rings is 2. The molecule has 3 aromatic rings. The fourth-order valence-corrected chi connectivity index (χ4v) is 4.46. The molecule has 0 bridgehead atoms. The van der Waals surface area contributed by atoms with Crippen LogP contribution in [0.15, 0.2) is 72.4 Å². The van der Waals surface area contributed by atoms with E-state index in [9.17, 15) is 14.7 Å². The molecule has 1 atom stereocenters. The average Bonchev–Trinajstić information content (AvgIpc) is 3.13. The van der Waals surface area contributed by atoms with Crippen molar-refractivity contribution in [3.63, 3.8) is 0 Å². The second-order valence-corrected chi connectivity index (χ2v) is 9.69. The lowest BCUT2D eigenvalue weighted by Gasteiger charge is -2.26. The van der Waals surface area contributed by atoms with E-state index in [2.05, 4.69) is 4.98 Å². The zero-order chi connectivity index (χ0) is 26.0. The first-order chi connectivity index (χ1) is 17.2. The van der Waals surface area contributed by atoms with Crippen LogP contribution in [0.25, 0.3) is 5.76 Å². The molecule has 186 valence electrons. The van der Waals surface area contributed by atoms with E-state index in [4.69, 9.17) is 9.47 Å². The number of carbonyl (C=O) groups is 2. The van der Waals surface area contributed by atoms with Gasteiger partial charge in [0.25, 0.3) is 11.7 Å². The van der Waals surface area contributed by atoms with Crippen LogP contribution in [0.4, 0.5) is 0 Å². The second-order valence-electron chi connectivity index (χ2n) is 9.69. The summed E-state index contributed by atoms with van der Waals surface area (Å²) in [6.45, 7) is 6.23. The van der Waals surface area contributed by atoms with Gasteiger partial charge >= 0.3 is 0 Å². The van der Waals surface area contributed by atoms with E-state index in [1.54, 1.807) is 62.9 Å². The maximum absolute atomic E-state index is 13.4. The minimum atomic E-state index is -0.817. The summed E-state index contributed by atoms with van der Waals surface area (Å²) in [6.07, 6.45) is 1.64. The van der Waals surface area contributed by atoms with Gasteiger partial charge in [0, 0.05) is 17.3 Å². The van der Waals surface area contributed by atoms with Gasteiger partial charge in [-0.2, -0.15) is 0 Å². The predicted octanol–water partition coefficient (Wildman–Crippen LogP) is 5.02. The molecule has 1 unspecified atom stereocenters. The SMILES string of the molecule is COc1cccc(C2/C(=C(/O)c3ccc(OC)c(C(C)(C)C)c3)C(=O)C(=O)N2Cc2ccccn2)c1. The third-order valence-electron chi connectivity index (χ3n) is 6.29. The van der Waals surface area contributed by atoms with Gasteiger partial charge in [-0.05, 0) is 53.4 Å². The lowest BCUT2D eigenvalue weighted by Crippen LogP contribution is -2.29. The highest BCUT2D eigenvalue weighted by Crippen LogP contribution is 2.42. The monoisotopic (exact) mass is 486 g/mol. The molecule has 1 aliphatic heterocycles. The smallest absolute Gasteiger partial charge is 0.296 e. The fourth-order valence-electron chi connectivity index (χ4n) is 4.46. The number of aliphatic hydroxyl groups excluding tert-OH is 1. The summed E-state index contributed by atoms with van der Waals surface area (Å²) < 4.78 is 10.9. The van der Waals surface area contributed by atoms with E-state index in [1.165, 1.54) is 4.90 Å². The number of rotatable bonds is 6. The van der Waals surface area contributed by atoms with Crippen molar-refractivity contribution in [1.29, 1.82) is 0 Å². The number of ether oxygens (including phenoxy) is 2. The van der Waals surface area contributed by atoms with Gasteiger partial charge in [-0.25, -0.2) is 0 Å². The number of ketones is 1. The first kappa shape index (κ1) is 25.0. The van der Waals surface area contributed by atoms with Crippen molar-refractivity contribution >= 4 is 17.4 Å². The van der Waals surface area contributed by atoms with E-state index in [0.29, 0.717) is 28.3 Å². The van der Waals surface area contributed by atoms with Crippen LogP contribution >= 0.6 is 0 Å². The molecule has 7 heteroatoms. The zero-order valence-electron chi connectivity index (χ0n) is 21.1. The van der Waals surface area contributed by atoms with Crippen molar-refractivity contribution in [2.45, 2.75) is 38.8 Å². The van der Waals surface area contributed by atoms with Gasteiger partial charge < -0.3 is 19.5 Å². The van der Waals surface area contributed by atoms with Gasteiger partial charge in [-0.15, -0.1) is 0 Å². The number of hydrogen-bond acceptors (Lipinski definition) is 6. The van der Waals surface area contributed by atoms with E-state index in [1.807, 2.05) is 39.0 Å². The Morgan fingerprint density at radius 2 is 1.78 bits per heavy atom. The van der Waals surface area contributed by atoms with Crippen LogP contribution in [0.5, 0.6) is 11.5 Å². The molecule has 2 aromatic carbocycles. The number of pyridine rings is 1. The summed E-state index contributed by atoms with van der Waals surface area (Å²) in [7, 11) is 3.14. The van der Waals surface area contributed by atoms with E-state index < -0.39 is 17.7 Å². The number of hydrogen-bond donors (Lipinski definition) is 1. The molecule has 7 nitrogen and oxygen atoms in total. The fraction of sp³-hybridized carbons (Fsp3) is 0.276. The number of aliphatic hydroxyl groups is 1. The van der Waals surface area contributed by atoms with Crippen molar-refractivity contribution in [2.75, 3.05) is 14.2 Å². The van der Waals surface area contributed by atoms with Crippen LogP contribution in [-0.4, -0.2) is 40.9 Å². The molecule has 0 aliphatic carbocycles. The summed E-state index contributed by atoms with van der Waals surface area (Å²) in [6, 6.07) is 17.0. The van der Waals surface area contributed by atoms with Gasteiger partial charge in [-0.1, -0.05) is 39.0 Å². The summed E-state index contributed by atoms with van der Waals surface area (Å²) >= 11 is 0. The molecule has 2 heterocycles. The molecule has 1 aromatic heterocycles. The van der Waals surface area contributed by atoms with Crippen LogP contribution in [0, 0.1) is 0 Å². The lowest BCUT2D eigenvalue weighted by molar-refractivity contribution is -0.140. The normalized spacial score (nSPS) is 17.4. The third-order valence-corrected chi connectivity index (χ3v) is 6.29. The summed E-state index contributed by atoms with van der Waals surface area (Å²) in [5, 5.41) is 11.5. The van der Waals surface area contributed by atoms with Crippen molar-refractivity contribution in [2.24, 2.45) is 0 Å². The number of likely N-dealkylation sites (tertiary alicyclic amines) is 1. The number of aromatic nitrogens is 1. The highest BCUT2D eigenvalue weighted by atomic mass is 16.5. The molecule has 1 saturated heterocycles. The Morgan fingerprint density at radius 3 is 2.42 bits per heavy atom. The molecule has 4 rings (SSSR count). The minimum absolute atomic E-state index is 0.0224. The van der Waals surface area contributed by atoms with E-state index in [-0.39, 0.29) is 23.3 Å². The molecule has 1 aliphatic rings. The third kappa shape index (κ3) is 4.69. The van der Waals surface area contributed by atoms with Crippen LogP contribution in [0.1, 0.15) is 49.2 Å². The largest absolute Gasteiger partial charge is 0.507 e. The zero-order valence-corrected chi connectivity index (χ0v) is 21.1. The number of methoxy groups -OCH3 is 2. The van der Waals surface area contributed by atoms with Gasteiger partial charge in [0.15, 0.2) is 0 Å². The molecule has 1 fully saturated rings. The Labute approximate surface area is 211 Å². The number of nitrogens with zero attached hydrogens (tertiary/aromatic N) is 2. The molecular weight excluding hydrogens is 456 g/mol. The first-order valence-electron chi connectivity index (χ1n) is 11.7. The molecular formula is C29H30N2O5. The summed E-state index contributed by atoms with van der Waals surface area (Å²) in [5.74, 6) is -0.420. The minimum Gasteiger partial charge on any atom is -0.507 e. The molecule has 0 saturated carbocycles. The topological polar surface area (TPSA) is 89.0 Å². The quantitative estimate of drug-likeness (QED) is 0.299. The van der Waals surface area contributed by atoms with E-state index >= 15 is 0 Å². The second kappa shape index (κ2) is 9.85. The summed E-state index contributed by atoms with van der Waals surface area (Å²) in [4.78, 5) is 32.4. The van der Waals surface area contributed by atoms with Gasteiger partial charge in [-0.3, -0.25) is 14.6 Å². The lowest BCUT2D eigenvalue weighted by atomic mass is 9.84. The summed E-state index contributed by atoms with van der Waals surface area (Å²) in [5.41, 5.74) is 2.33. The molecule has 1 amide bonds. The molecule has 0 radical (unpaired) electrons. The Balaban J connectivity index is 1.91. The Hall–Kier alpha value is -4.13. The van der Waals surface area contributed by atoms with E-state index in [0.717, 1.165) is 5.56 Å². The standard InChI is InChI=1S/C29H30N2O5/c1-29(2,3)22-16-19(12-13-23(22)36-5)26(32)24-25(18-9-8-11-21(15-18)35-4)31(28(34)27(24)33)17-20-10-6-7-14-30-20/h6-16,25,32H,17H2,1-5H3/b26-24-. The van der Waals surface area contributed by atoms with Gasteiger partial charge in [0.1, 0.15) is 17.3 Å². The maximum Gasteiger partial charge on any atom is 0.296 e. The number of amides is 1. The van der Waals surface area contributed by atoms with Gasteiger partial charge in [0.2, 0.25) is 0 Å². The molecule has 36 heavy (non-hydrogen) atoms. The molecule has 0 spiro atoms. The van der Waals surface area contributed by atoms with Crippen LogP contribution in [0.3, 0.4) is 0 Å². The van der Waals surface area contributed by atoms with Crippen LogP contribution in [-0.2, 0) is 21.5 Å². The average molecular weight is 487 g/mol. The van der Waals surface area contributed by atoms with Crippen LogP contribution < -0.4 is 9.47 Å². The number of carbonyl (C=O) groups excluding carboxylic acids is 2. The highest BCUT2D eigenvalue weighted by molar-refractivity contribution is 6.46. The van der Waals surface area contributed by atoms with Crippen molar-refractivity contribution in [1.82, 2.24) is 9.88 Å². The Bertz CT molecular complexity index is 1320. The van der Waals surface area contributed by atoms with Crippen molar-refractivity contribution in [3.05, 3.63) is 94.8 Å². The Kier molecular flexibility index (Phi) is 6.84. The molecule has 1 N–H and O–H groups in total. The predicted molar refractivity (Wildman–Crippen MR) is 137 cm³/mol. The number of Topliss-reactive ketones (excluding diaryl/α,β-unsaturated/α-hetero) is 1.